The smallest absolute Gasteiger partial charge is 0.322 e. The predicted molar refractivity (Wildman–Crippen MR) is 50.1 cm³/mol. The average molecular weight is 225 g/mol. The Morgan fingerprint density at radius 1 is 1.50 bits per heavy atom. The van der Waals surface area contributed by atoms with Gasteiger partial charge in [-0.15, -0.1) is 0 Å². The second-order valence-corrected chi connectivity index (χ2v) is 5.20. The predicted octanol–water partition coefficient (Wildman–Crippen LogP) is -1.15. The van der Waals surface area contributed by atoms with Crippen molar-refractivity contribution in [2.45, 2.75) is 19.4 Å². The number of esters is 1. The molecule has 0 aromatic carbocycles. The summed E-state index contributed by atoms with van der Waals surface area (Å²) >= 11 is 0. The van der Waals surface area contributed by atoms with Crippen LogP contribution in [0.1, 0.15) is 13.8 Å². The van der Waals surface area contributed by atoms with Crippen LogP contribution in [0.15, 0.2) is 0 Å². The zero-order valence-electron chi connectivity index (χ0n) is 8.40. The number of carbonyl (C=O) groups is 1. The summed E-state index contributed by atoms with van der Waals surface area (Å²) in [6.07, 6.45) is 0. The number of ether oxygens (including phenoxy) is 1. The van der Waals surface area contributed by atoms with Crippen molar-refractivity contribution >= 4 is 16.0 Å². The van der Waals surface area contributed by atoms with Crippen molar-refractivity contribution in [2.75, 3.05) is 19.5 Å². The first-order valence-corrected chi connectivity index (χ1v) is 5.57. The molecule has 0 aliphatic carbocycles. The Kier molecular flexibility index (Phi) is 4.50. The molecule has 14 heavy (non-hydrogen) atoms. The standard InChI is InChI=1S/C7H15NO5S/c1-7(2,5-9)8-14(11,12)4-6(10)13-3/h8-9H,4-5H2,1-3H3. The Balaban J connectivity index is 4.44. The van der Waals surface area contributed by atoms with Crippen LogP contribution < -0.4 is 4.72 Å². The average Bonchev–Trinajstić information content (AvgIpc) is 2.01. The molecule has 0 spiro atoms. The molecule has 0 saturated carbocycles. The molecular weight excluding hydrogens is 210 g/mol. The first kappa shape index (κ1) is 13.3. The minimum Gasteiger partial charge on any atom is -0.468 e. The van der Waals surface area contributed by atoms with Crippen LogP contribution in [0.25, 0.3) is 0 Å². The number of methoxy groups -OCH3 is 1. The van der Waals surface area contributed by atoms with Crippen molar-refractivity contribution in [2.24, 2.45) is 0 Å². The first-order chi connectivity index (χ1) is 6.22. The highest BCUT2D eigenvalue weighted by Crippen LogP contribution is 2.03. The Labute approximate surface area is 83.3 Å². The SMILES string of the molecule is COC(=O)CS(=O)(=O)NC(C)(C)CO. The van der Waals surface area contributed by atoms with E-state index in [1.165, 1.54) is 13.8 Å². The van der Waals surface area contributed by atoms with Gasteiger partial charge in [0.05, 0.1) is 19.3 Å². The fraction of sp³-hybridized carbons (Fsp3) is 0.857. The molecule has 6 nitrogen and oxygen atoms in total. The fourth-order valence-corrected chi connectivity index (χ4v) is 2.11. The van der Waals surface area contributed by atoms with Gasteiger partial charge in [-0.3, -0.25) is 4.79 Å². The van der Waals surface area contributed by atoms with E-state index >= 15 is 0 Å². The van der Waals surface area contributed by atoms with E-state index in [9.17, 15) is 13.2 Å². The highest BCUT2D eigenvalue weighted by atomic mass is 32.2. The summed E-state index contributed by atoms with van der Waals surface area (Å²) in [5.41, 5.74) is -0.979. The van der Waals surface area contributed by atoms with Crippen molar-refractivity contribution in [3.05, 3.63) is 0 Å². The Morgan fingerprint density at radius 2 is 2.00 bits per heavy atom. The lowest BCUT2D eigenvalue weighted by molar-refractivity contribution is -0.137. The third kappa shape index (κ3) is 5.15. The first-order valence-electron chi connectivity index (χ1n) is 3.92. The molecule has 2 N–H and O–H groups in total. The lowest BCUT2D eigenvalue weighted by Crippen LogP contribution is -2.48. The number of carbonyl (C=O) groups excluding carboxylic acids is 1. The summed E-state index contributed by atoms with van der Waals surface area (Å²) in [5, 5.41) is 8.81. The minimum atomic E-state index is -3.75. The van der Waals surface area contributed by atoms with Crippen LogP contribution in [0.4, 0.5) is 0 Å². The van der Waals surface area contributed by atoms with Gasteiger partial charge in [0.2, 0.25) is 10.0 Å². The second kappa shape index (κ2) is 4.72. The van der Waals surface area contributed by atoms with Gasteiger partial charge in [-0.1, -0.05) is 0 Å². The van der Waals surface area contributed by atoms with E-state index in [1.807, 2.05) is 0 Å². The highest BCUT2D eigenvalue weighted by molar-refractivity contribution is 7.90. The van der Waals surface area contributed by atoms with Crippen LogP contribution in [0.5, 0.6) is 0 Å². The van der Waals surface area contributed by atoms with Crippen molar-refractivity contribution in [1.29, 1.82) is 0 Å². The lowest BCUT2D eigenvalue weighted by atomic mass is 10.1. The minimum absolute atomic E-state index is 0.354. The van der Waals surface area contributed by atoms with Gasteiger partial charge >= 0.3 is 5.97 Å². The molecule has 0 aliphatic rings. The summed E-state index contributed by atoms with van der Waals surface area (Å²) in [6.45, 7) is 2.65. The monoisotopic (exact) mass is 225 g/mol. The van der Waals surface area contributed by atoms with Crippen molar-refractivity contribution in [1.82, 2.24) is 4.72 Å². The quantitative estimate of drug-likeness (QED) is 0.576. The number of nitrogens with one attached hydrogen (secondary N) is 1. The molecule has 0 amide bonds. The summed E-state index contributed by atoms with van der Waals surface area (Å²) in [7, 11) is -2.64. The number of aliphatic hydroxyl groups is 1. The van der Waals surface area contributed by atoms with Gasteiger partial charge in [0, 0.05) is 0 Å². The number of sulfonamides is 1. The van der Waals surface area contributed by atoms with Gasteiger partial charge in [0.1, 0.15) is 0 Å². The van der Waals surface area contributed by atoms with Gasteiger partial charge in [0.15, 0.2) is 5.75 Å². The Morgan fingerprint density at radius 3 is 2.36 bits per heavy atom. The molecule has 0 rings (SSSR count). The third-order valence-corrected chi connectivity index (χ3v) is 2.84. The van der Waals surface area contributed by atoms with Gasteiger partial charge in [0.25, 0.3) is 0 Å². The number of hydrogen-bond donors (Lipinski definition) is 2. The van der Waals surface area contributed by atoms with Crippen LogP contribution in [0, 0.1) is 0 Å². The summed E-state index contributed by atoms with van der Waals surface area (Å²) in [4.78, 5) is 10.7. The molecule has 0 unspecified atom stereocenters. The molecule has 0 fully saturated rings. The molecule has 0 aromatic heterocycles. The highest BCUT2D eigenvalue weighted by Gasteiger charge is 2.26. The molecule has 0 bridgehead atoms. The van der Waals surface area contributed by atoms with Gasteiger partial charge in [-0.25, -0.2) is 13.1 Å². The fourth-order valence-electron chi connectivity index (χ4n) is 0.703. The summed E-state index contributed by atoms with van der Waals surface area (Å²) in [5.74, 6) is -1.58. The Bertz CT molecular complexity index is 295. The van der Waals surface area contributed by atoms with E-state index in [0.717, 1.165) is 7.11 Å². The summed E-state index contributed by atoms with van der Waals surface area (Å²) < 4.78 is 28.9. The molecule has 0 atom stereocenters. The largest absolute Gasteiger partial charge is 0.468 e. The topological polar surface area (TPSA) is 92.7 Å². The second-order valence-electron chi connectivity index (χ2n) is 3.48. The van der Waals surface area contributed by atoms with Crippen LogP contribution in [0.3, 0.4) is 0 Å². The molecule has 0 heterocycles. The molecule has 0 aromatic rings. The van der Waals surface area contributed by atoms with Crippen molar-refractivity contribution in [3.63, 3.8) is 0 Å². The molecule has 7 heteroatoms. The molecule has 0 saturated heterocycles. The number of hydrogen-bond acceptors (Lipinski definition) is 5. The van der Waals surface area contributed by atoms with E-state index in [4.69, 9.17) is 5.11 Å². The van der Waals surface area contributed by atoms with E-state index in [-0.39, 0.29) is 6.61 Å². The molecule has 0 radical (unpaired) electrons. The van der Waals surface area contributed by atoms with Crippen molar-refractivity contribution < 1.29 is 23.1 Å². The van der Waals surface area contributed by atoms with E-state index < -0.39 is 27.3 Å². The van der Waals surface area contributed by atoms with Crippen LogP contribution in [-0.2, 0) is 19.6 Å². The van der Waals surface area contributed by atoms with E-state index in [1.54, 1.807) is 0 Å². The maximum atomic E-state index is 11.3. The number of aliphatic hydroxyl groups excluding tert-OH is 1. The number of rotatable bonds is 5. The van der Waals surface area contributed by atoms with E-state index in [0.29, 0.717) is 0 Å². The summed E-state index contributed by atoms with van der Waals surface area (Å²) in [6, 6.07) is 0. The normalized spacial score (nSPS) is 12.6. The maximum absolute atomic E-state index is 11.3. The zero-order valence-corrected chi connectivity index (χ0v) is 9.22. The van der Waals surface area contributed by atoms with Gasteiger partial charge in [-0.05, 0) is 13.8 Å². The Hall–Kier alpha value is -0.660. The molecule has 84 valence electrons. The zero-order chi connectivity index (χ0) is 11.4. The maximum Gasteiger partial charge on any atom is 0.322 e. The van der Waals surface area contributed by atoms with Crippen LogP contribution in [0.2, 0.25) is 0 Å². The molecular formula is C7H15NO5S. The molecule has 0 aliphatic heterocycles. The third-order valence-electron chi connectivity index (χ3n) is 1.36. The van der Waals surface area contributed by atoms with Crippen LogP contribution >= 0.6 is 0 Å². The van der Waals surface area contributed by atoms with Crippen LogP contribution in [-0.4, -0.2) is 44.5 Å². The van der Waals surface area contributed by atoms with E-state index in [2.05, 4.69) is 9.46 Å². The lowest BCUT2D eigenvalue weighted by Gasteiger charge is -2.22. The van der Waals surface area contributed by atoms with Gasteiger partial charge < -0.3 is 9.84 Å². The van der Waals surface area contributed by atoms with Crippen molar-refractivity contribution in [3.8, 4) is 0 Å². The van der Waals surface area contributed by atoms with Gasteiger partial charge in [-0.2, -0.15) is 0 Å².